The van der Waals surface area contributed by atoms with E-state index >= 15 is 0 Å². The molecule has 2 saturated heterocycles. The topological polar surface area (TPSA) is 18.5 Å². The van der Waals surface area contributed by atoms with Crippen LogP contribution in [0, 0.1) is 0 Å². The van der Waals surface area contributed by atoms with E-state index in [0.717, 1.165) is 26.2 Å². The van der Waals surface area contributed by atoms with E-state index < -0.39 is 12.7 Å². The normalized spacial score (nSPS) is 28.8. The van der Waals surface area contributed by atoms with Crippen LogP contribution in [0.1, 0.15) is 12.8 Å². The van der Waals surface area contributed by atoms with Gasteiger partial charge in [0.1, 0.15) is 0 Å². The van der Waals surface area contributed by atoms with Gasteiger partial charge < -0.3 is 5.32 Å². The van der Waals surface area contributed by atoms with E-state index in [1.807, 2.05) is 0 Å². The second-order valence-corrected chi connectivity index (χ2v) is 4.99. The molecule has 2 rings (SSSR count). The largest absolute Gasteiger partial charge is 0.401 e. The van der Waals surface area contributed by atoms with E-state index in [4.69, 9.17) is 0 Å². The van der Waals surface area contributed by atoms with Gasteiger partial charge >= 0.3 is 6.18 Å². The molecule has 2 heterocycles. The molecule has 0 bridgehead atoms. The molecular weight excluding hydrogens is 231 g/mol. The minimum absolute atomic E-state index is 0.534. The zero-order valence-corrected chi connectivity index (χ0v) is 9.97. The Balaban J connectivity index is 1.67. The predicted octanol–water partition coefficient (Wildman–Crippen LogP) is 0.918. The van der Waals surface area contributed by atoms with Crippen LogP contribution in [-0.4, -0.2) is 67.8 Å². The summed E-state index contributed by atoms with van der Waals surface area (Å²) in [5.74, 6) is 0. The van der Waals surface area contributed by atoms with Gasteiger partial charge in [0.15, 0.2) is 0 Å². The second kappa shape index (κ2) is 5.54. The van der Waals surface area contributed by atoms with Crippen molar-refractivity contribution in [2.75, 3.05) is 45.8 Å². The number of alkyl halides is 3. The van der Waals surface area contributed by atoms with Gasteiger partial charge in [-0.2, -0.15) is 13.2 Å². The fourth-order valence-electron chi connectivity index (χ4n) is 2.61. The summed E-state index contributed by atoms with van der Waals surface area (Å²) in [5.41, 5.74) is 0. The minimum atomic E-state index is -4.06. The summed E-state index contributed by atoms with van der Waals surface area (Å²) in [5, 5.41) is 3.42. The van der Waals surface area contributed by atoms with Crippen LogP contribution in [0.3, 0.4) is 0 Å². The highest BCUT2D eigenvalue weighted by Gasteiger charge is 2.32. The molecule has 1 atom stereocenters. The van der Waals surface area contributed by atoms with Crippen LogP contribution in [0.5, 0.6) is 0 Å². The van der Waals surface area contributed by atoms with E-state index in [1.54, 1.807) is 0 Å². The van der Waals surface area contributed by atoms with Crippen molar-refractivity contribution in [2.45, 2.75) is 25.1 Å². The van der Waals surface area contributed by atoms with Crippen LogP contribution in [0.2, 0.25) is 0 Å². The first kappa shape index (κ1) is 13.1. The van der Waals surface area contributed by atoms with E-state index in [2.05, 4.69) is 10.2 Å². The van der Waals surface area contributed by atoms with Crippen LogP contribution in [0.15, 0.2) is 0 Å². The maximum atomic E-state index is 12.2. The summed E-state index contributed by atoms with van der Waals surface area (Å²) in [7, 11) is 0. The quantitative estimate of drug-likeness (QED) is 0.804. The molecule has 0 radical (unpaired) electrons. The summed E-state index contributed by atoms with van der Waals surface area (Å²) in [4.78, 5) is 3.77. The third-order valence-electron chi connectivity index (χ3n) is 3.51. The molecule has 0 amide bonds. The maximum absolute atomic E-state index is 12.2. The van der Waals surface area contributed by atoms with Gasteiger partial charge in [-0.1, -0.05) is 0 Å². The molecule has 0 aromatic rings. The highest BCUT2D eigenvalue weighted by Crippen LogP contribution is 2.17. The van der Waals surface area contributed by atoms with Crippen molar-refractivity contribution in [3.05, 3.63) is 0 Å². The van der Waals surface area contributed by atoms with Crippen molar-refractivity contribution in [1.82, 2.24) is 15.1 Å². The van der Waals surface area contributed by atoms with Gasteiger partial charge in [-0.15, -0.1) is 0 Å². The summed E-state index contributed by atoms with van der Waals surface area (Å²) in [6.45, 7) is 3.89. The Labute approximate surface area is 99.9 Å². The van der Waals surface area contributed by atoms with Gasteiger partial charge in [-0.25, -0.2) is 0 Å². The Morgan fingerprint density at radius 2 is 1.71 bits per heavy atom. The fourth-order valence-corrected chi connectivity index (χ4v) is 2.61. The van der Waals surface area contributed by atoms with E-state index in [9.17, 15) is 13.2 Å². The molecule has 1 N–H and O–H groups in total. The molecule has 17 heavy (non-hydrogen) atoms. The minimum Gasteiger partial charge on any atom is -0.313 e. The molecule has 0 spiro atoms. The lowest BCUT2D eigenvalue weighted by atomic mass is 10.2. The molecule has 100 valence electrons. The third kappa shape index (κ3) is 4.44. The molecule has 6 heteroatoms. The molecule has 0 aromatic carbocycles. The van der Waals surface area contributed by atoms with Crippen LogP contribution < -0.4 is 5.32 Å². The number of nitrogens with one attached hydrogen (secondary N) is 1. The summed E-state index contributed by atoms with van der Waals surface area (Å²) in [6.07, 6.45) is -1.64. The lowest BCUT2D eigenvalue weighted by molar-refractivity contribution is -0.149. The van der Waals surface area contributed by atoms with E-state index in [0.29, 0.717) is 19.1 Å². The fraction of sp³-hybridized carbons (Fsp3) is 1.00. The van der Waals surface area contributed by atoms with Gasteiger partial charge in [-0.3, -0.25) is 9.80 Å². The van der Waals surface area contributed by atoms with Crippen LogP contribution in [-0.2, 0) is 0 Å². The summed E-state index contributed by atoms with van der Waals surface area (Å²) in [6, 6.07) is 0.546. The lowest BCUT2D eigenvalue weighted by Crippen LogP contribution is -2.51. The molecule has 0 aromatic heterocycles. The number of halogens is 3. The first-order valence-corrected chi connectivity index (χ1v) is 6.28. The average molecular weight is 251 g/mol. The SMILES string of the molecule is FC(F)(F)CN1CCN(C[C@H]2CCCN2)CC1. The van der Waals surface area contributed by atoms with Crippen molar-refractivity contribution < 1.29 is 13.2 Å². The van der Waals surface area contributed by atoms with Crippen LogP contribution in [0.25, 0.3) is 0 Å². The zero-order valence-electron chi connectivity index (χ0n) is 9.97. The Morgan fingerprint density at radius 3 is 2.24 bits per heavy atom. The Morgan fingerprint density at radius 1 is 1.06 bits per heavy atom. The average Bonchev–Trinajstić information content (AvgIpc) is 2.71. The van der Waals surface area contributed by atoms with Gasteiger partial charge in [-0.05, 0) is 19.4 Å². The number of hydrogen-bond donors (Lipinski definition) is 1. The molecule has 0 saturated carbocycles. The monoisotopic (exact) mass is 251 g/mol. The standard InChI is InChI=1S/C11H20F3N3/c12-11(13,14)9-17-6-4-16(5-7-17)8-10-2-1-3-15-10/h10,15H,1-9H2/t10-/m1/s1. The zero-order chi connectivity index (χ0) is 12.3. The van der Waals surface area contributed by atoms with Crippen molar-refractivity contribution in [2.24, 2.45) is 0 Å². The van der Waals surface area contributed by atoms with Gasteiger partial charge in [0.25, 0.3) is 0 Å². The first-order chi connectivity index (χ1) is 8.03. The molecular formula is C11H20F3N3. The highest BCUT2D eigenvalue weighted by molar-refractivity contribution is 4.81. The Kier molecular flexibility index (Phi) is 4.27. The van der Waals surface area contributed by atoms with Crippen molar-refractivity contribution in [3.63, 3.8) is 0 Å². The van der Waals surface area contributed by atoms with Crippen LogP contribution in [0.4, 0.5) is 13.2 Å². The van der Waals surface area contributed by atoms with Crippen molar-refractivity contribution >= 4 is 0 Å². The second-order valence-electron chi connectivity index (χ2n) is 4.99. The number of rotatable bonds is 3. The van der Waals surface area contributed by atoms with E-state index in [1.165, 1.54) is 17.7 Å². The molecule has 0 aliphatic carbocycles. The number of piperazine rings is 1. The molecule has 2 aliphatic heterocycles. The van der Waals surface area contributed by atoms with Gasteiger partial charge in [0.05, 0.1) is 6.54 Å². The van der Waals surface area contributed by atoms with Crippen molar-refractivity contribution in [1.29, 1.82) is 0 Å². The maximum Gasteiger partial charge on any atom is 0.401 e. The molecule has 3 nitrogen and oxygen atoms in total. The van der Waals surface area contributed by atoms with Gasteiger partial charge in [0.2, 0.25) is 0 Å². The molecule has 2 fully saturated rings. The molecule has 2 aliphatic rings. The van der Waals surface area contributed by atoms with Crippen molar-refractivity contribution in [3.8, 4) is 0 Å². The summed E-state index contributed by atoms with van der Waals surface area (Å²) < 4.78 is 36.6. The lowest BCUT2D eigenvalue weighted by Gasteiger charge is -2.36. The highest BCUT2D eigenvalue weighted by atomic mass is 19.4. The smallest absolute Gasteiger partial charge is 0.313 e. The van der Waals surface area contributed by atoms with E-state index in [-0.39, 0.29) is 0 Å². The third-order valence-corrected chi connectivity index (χ3v) is 3.51. The van der Waals surface area contributed by atoms with Crippen LogP contribution >= 0.6 is 0 Å². The Bertz CT molecular complexity index is 231. The number of nitrogens with zero attached hydrogens (tertiary/aromatic N) is 2. The Hall–Kier alpha value is -0.330. The van der Waals surface area contributed by atoms with Gasteiger partial charge in [0, 0.05) is 38.8 Å². The first-order valence-electron chi connectivity index (χ1n) is 6.28. The molecule has 0 unspecified atom stereocenters. The predicted molar refractivity (Wildman–Crippen MR) is 60.0 cm³/mol. The summed E-state index contributed by atoms with van der Waals surface area (Å²) >= 11 is 0. The number of hydrogen-bond acceptors (Lipinski definition) is 3.